The minimum absolute atomic E-state index is 0.0615. The first-order valence-electron chi connectivity index (χ1n) is 11.5. The molecule has 0 aliphatic carbocycles. The largest absolute Gasteiger partial charge is 0.389 e. The quantitative estimate of drug-likeness (QED) is 0.369. The average molecular weight is 514 g/mol. The number of halogens is 1. The summed E-state index contributed by atoms with van der Waals surface area (Å²) >= 11 is 5.88. The number of fused-ring (bicyclic) bond motifs is 1. The Balaban J connectivity index is 1.16. The summed E-state index contributed by atoms with van der Waals surface area (Å²) in [6.45, 7) is 1.80. The van der Waals surface area contributed by atoms with Gasteiger partial charge in [-0.2, -0.15) is 5.10 Å². The van der Waals surface area contributed by atoms with E-state index in [2.05, 4.69) is 20.6 Å². The maximum Gasteiger partial charge on any atom is 0.289 e. The SMILES string of the molecule is O=C(N/N=C/c1ccc(Cl)cc1)C1=NO[C@@H]2COC3(CCN(c4ccc([N+](=O)[O-])cc4)CC3)OC[C@H]12. The summed E-state index contributed by atoms with van der Waals surface area (Å²) in [6.07, 6.45) is 2.31. The maximum atomic E-state index is 12.7. The van der Waals surface area contributed by atoms with Crippen LogP contribution >= 0.6 is 11.6 Å². The first-order chi connectivity index (χ1) is 17.4. The number of anilines is 1. The van der Waals surface area contributed by atoms with E-state index < -0.39 is 22.7 Å². The second kappa shape index (κ2) is 10.2. The van der Waals surface area contributed by atoms with Gasteiger partial charge in [0.1, 0.15) is 0 Å². The summed E-state index contributed by atoms with van der Waals surface area (Å²) in [5, 5.41) is 19.5. The lowest BCUT2D eigenvalue weighted by Gasteiger charge is -2.41. The number of rotatable bonds is 5. The molecular formula is C24H24ClN5O6. The molecule has 0 saturated carbocycles. The van der Waals surface area contributed by atoms with Gasteiger partial charge in [-0.25, -0.2) is 5.43 Å². The van der Waals surface area contributed by atoms with E-state index in [0.29, 0.717) is 31.0 Å². The number of benzene rings is 2. The fourth-order valence-electron chi connectivity index (χ4n) is 4.45. The van der Waals surface area contributed by atoms with Crippen LogP contribution in [-0.2, 0) is 19.1 Å². The number of nitro groups is 1. The van der Waals surface area contributed by atoms with Crippen LogP contribution in [-0.4, -0.2) is 61.0 Å². The van der Waals surface area contributed by atoms with Crippen molar-refractivity contribution in [1.82, 2.24) is 5.43 Å². The van der Waals surface area contributed by atoms with Gasteiger partial charge in [0.25, 0.3) is 11.6 Å². The fourth-order valence-corrected chi connectivity index (χ4v) is 4.58. The van der Waals surface area contributed by atoms with Crippen LogP contribution in [0.25, 0.3) is 0 Å². The highest BCUT2D eigenvalue weighted by molar-refractivity contribution is 6.40. The van der Waals surface area contributed by atoms with E-state index >= 15 is 0 Å². The number of piperidine rings is 1. The summed E-state index contributed by atoms with van der Waals surface area (Å²) in [5.74, 6) is -1.61. The van der Waals surface area contributed by atoms with Crippen LogP contribution in [0.1, 0.15) is 18.4 Å². The van der Waals surface area contributed by atoms with Crippen molar-refractivity contribution in [2.45, 2.75) is 24.7 Å². The van der Waals surface area contributed by atoms with Crippen LogP contribution in [0.4, 0.5) is 11.4 Å². The van der Waals surface area contributed by atoms with Crippen LogP contribution < -0.4 is 10.3 Å². The van der Waals surface area contributed by atoms with Gasteiger partial charge >= 0.3 is 0 Å². The highest BCUT2D eigenvalue weighted by Gasteiger charge is 2.47. The van der Waals surface area contributed by atoms with Gasteiger partial charge in [0, 0.05) is 48.8 Å². The molecule has 3 aliphatic heterocycles. The van der Waals surface area contributed by atoms with Crippen molar-refractivity contribution < 1.29 is 24.0 Å². The number of nitrogens with zero attached hydrogens (tertiary/aromatic N) is 4. The van der Waals surface area contributed by atoms with E-state index in [1.54, 1.807) is 36.4 Å². The predicted molar refractivity (Wildman–Crippen MR) is 132 cm³/mol. The summed E-state index contributed by atoms with van der Waals surface area (Å²) in [4.78, 5) is 30.8. The summed E-state index contributed by atoms with van der Waals surface area (Å²) in [7, 11) is 0. The van der Waals surface area contributed by atoms with E-state index in [-0.39, 0.29) is 30.5 Å². The molecule has 3 aliphatic rings. The Bertz CT molecular complexity index is 1180. The van der Waals surface area contributed by atoms with Crippen LogP contribution in [0.15, 0.2) is 58.8 Å². The van der Waals surface area contributed by atoms with Crippen molar-refractivity contribution in [3.63, 3.8) is 0 Å². The summed E-state index contributed by atoms with van der Waals surface area (Å²) < 4.78 is 12.4. The van der Waals surface area contributed by atoms with Gasteiger partial charge in [0.15, 0.2) is 17.6 Å². The minimum Gasteiger partial charge on any atom is -0.389 e. The van der Waals surface area contributed by atoms with Gasteiger partial charge in [-0.1, -0.05) is 28.9 Å². The molecule has 2 saturated heterocycles. The third-order valence-corrected chi connectivity index (χ3v) is 6.81. The molecule has 0 bridgehead atoms. The molecule has 2 aromatic carbocycles. The number of carbonyl (C=O) groups excluding carboxylic acids is 1. The van der Waals surface area contributed by atoms with Gasteiger partial charge in [0.2, 0.25) is 0 Å². The smallest absolute Gasteiger partial charge is 0.289 e. The van der Waals surface area contributed by atoms with Gasteiger partial charge in [-0.05, 0) is 29.8 Å². The van der Waals surface area contributed by atoms with Gasteiger partial charge in [-0.15, -0.1) is 0 Å². The Hall–Kier alpha value is -3.54. The van der Waals surface area contributed by atoms with Crippen LogP contribution in [0.5, 0.6) is 0 Å². The molecule has 2 aromatic rings. The third kappa shape index (κ3) is 5.18. The monoisotopic (exact) mass is 513 g/mol. The molecule has 1 amide bonds. The lowest BCUT2D eigenvalue weighted by atomic mass is 9.98. The van der Waals surface area contributed by atoms with Crippen molar-refractivity contribution >= 4 is 40.8 Å². The molecule has 3 heterocycles. The lowest BCUT2D eigenvalue weighted by molar-refractivity contribution is -0.384. The average Bonchev–Trinajstić information content (AvgIpc) is 3.23. The molecule has 1 N–H and O–H groups in total. The lowest BCUT2D eigenvalue weighted by Crippen LogP contribution is -2.48. The molecule has 11 nitrogen and oxygen atoms in total. The summed E-state index contributed by atoms with van der Waals surface area (Å²) in [5.41, 5.74) is 4.47. The second-order valence-corrected chi connectivity index (χ2v) is 9.21. The molecule has 2 atom stereocenters. The van der Waals surface area contributed by atoms with E-state index in [1.807, 2.05) is 0 Å². The minimum atomic E-state index is -0.778. The zero-order valence-corrected chi connectivity index (χ0v) is 20.0. The Kier molecular flexibility index (Phi) is 6.86. The fraction of sp³-hybridized carbons (Fsp3) is 0.375. The topological polar surface area (TPSA) is 128 Å². The van der Waals surface area contributed by atoms with Gasteiger partial charge < -0.3 is 19.2 Å². The first kappa shape index (κ1) is 24.2. The number of non-ortho nitro benzene ring substituents is 1. The molecule has 0 aromatic heterocycles. The van der Waals surface area contributed by atoms with Crippen LogP contribution in [0.2, 0.25) is 5.02 Å². The number of ether oxygens (including phenoxy) is 2. The van der Waals surface area contributed by atoms with Crippen molar-refractivity contribution in [2.24, 2.45) is 16.2 Å². The number of hydrogen-bond acceptors (Lipinski definition) is 9. The first-order valence-corrected chi connectivity index (χ1v) is 11.9. The number of hydrazone groups is 1. The predicted octanol–water partition coefficient (Wildman–Crippen LogP) is 3.11. The third-order valence-electron chi connectivity index (χ3n) is 6.56. The van der Waals surface area contributed by atoms with Crippen molar-refractivity contribution in [3.8, 4) is 0 Å². The molecule has 2 fully saturated rings. The van der Waals surface area contributed by atoms with E-state index in [9.17, 15) is 14.9 Å². The zero-order chi connectivity index (χ0) is 25.1. The van der Waals surface area contributed by atoms with Crippen molar-refractivity contribution in [2.75, 3.05) is 31.2 Å². The Morgan fingerprint density at radius 1 is 1.14 bits per heavy atom. The van der Waals surface area contributed by atoms with Gasteiger partial charge in [-0.3, -0.25) is 14.9 Å². The Morgan fingerprint density at radius 2 is 1.83 bits per heavy atom. The highest BCUT2D eigenvalue weighted by Crippen LogP contribution is 2.36. The zero-order valence-electron chi connectivity index (χ0n) is 19.2. The van der Waals surface area contributed by atoms with Gasteiger partial charge in [0.05, 0.1) is 30.3 Å². The number of oxime groups is 1. The van der Waals surface area contributed by atoms with Crippen molar-refractivity contribution in [1.29, 1.82) is 0 Å². The molecule has 188 valence electrons. The molecule has 1 spiro atoms. The number of amides is 1. The molecule has 0 radical (unpaired) electrons. The van der Waals surface area contributed by atoms with Crippen molar-refractivity contribution in [3.05, 3.63) is 69.2 Å². The molecular weight excluding hydrogens is 490 g/mol. The maximum absolute atomic E-state index is 12.7. The van der Waals surface area contributed by atoms with Crippen LogP contribution in [0.3, 0.4) is 0 Å². The Labute approximate surface area is 211 Å². The molecule has 5 rings (SSSR count). The number of nitro benzene ring substituents is 1. The van der Waals surface area contributed by atoms with E-state index in [4.69, 9.17) is 25.9 Å². The normalized spacial score (nSPS) is 23.0. The van der Waals surface area contributed by atoms with E-state index in [0.717, 1.165) is 11.3 Å². The van der Waals surface area contributed by atoms with E-state index in [1.165, 1.54) is 18.3 Å². The standard InChI is InChI=1S/C24H24ClN5O6/c25-17-3-1-16(2-4-17)13-26-27-23(31)22-20-14-34-24(35-15-21(20)36-28-22)9-11-29(12-10-24)18-5-7-19(8-6-18)30(32)33/h1-8,13,20-21H,9-12,14-15H2,(H,27,31)/b26-13+/t20-,21+/m0/s1. The number of hydrogen-bond donors (Lipinski definition) is 1. The molecule has 0 unspecified atom stereocenters. The summed E-state index contributed by atoms with van der Waals surface area (Å²) in [6, 6.07) is 13.5. The molecule has 12 heteroatoms. The second-order valence-electron chi connectivity index (χ2n) is 8.77. The Morgan fingerprint density at radius 3 is 2.53 bits per heavy atom. The number of nitrogens with one attached hydrogen (secondary N) is 1. The molecule has 36 heavy (non-hydrogen) atoms. The number of carbonyl (C=O) groups is 1. The van der Waals surface area contributed by atoms with Crippen LogP contribution in [0, 0.1) is 16.0 Å². The highest BCUT2D eigenvalue weighted by atomic mass is 35.5.